The van der Waals surface area contributed by atoms with Crippen molar-refractivity contribution in [1.82, 2.24) is 15.0 Å². The Morgan fingerprint density at radius 3 is 0.778 bits per heavy atom. The van der Waals surface area contributed by atoms with Crippen molar-refractivity contribution in [3.63, 3.8) is 0 Å². The van der Waals surface area contributed by atoms with Crippen molar-refractivity contribution in [1.29, 1.82) is 0 Å². The number of nitrogens with zero attached hydrogens (tertiary/aromatic N) is 12. The van der Waals surface area contributed by atoms with E-state index < -0.39 is 65.8 Å². The molecule has 0 radical (unpaired) electrons. The molecule has 10 rings (SSSR count). The number of amides is 6. The fourth-order valence-electron chi connectivity index (χ4n) is 8.91. The number of rotatable bonds is 24. The predicted octanol–water partition coefficient (Wildman–Crippen LogP) is 15.5. The summed E-state index contributed by atoms with van der Waals surface area (Å²) >= 11 is 0. The van der Waals surface area contributed by atoms with Crippen molar-refractivity contribution in [3.8, 4) is 0 Å². The lowest BCUT2D eigenvalue weighted by atomic mass is 10.2. The molecule has 1 heterocycles. The van der Waals surface area contributed by atoms with E-state index in [0.29, 0.717) is 39.7 Å². The van der Waals surface area contributed by atoms with Gasteiger partial charge in [-0.1, -0.05) is 65.2 Å². The van der Waals surface area contributed by atoms with Gasteiger partial charge in [0.1, 0.15) is 0 Å². The molecule has 1 aromatic heterocycles. The molecular weight excluding hydrogens is 1330 g/mol. The molecule has 0 unspecified atom stereocenters. The molecule has 0 spiro atoms. The highest BCUT2D eigenvalue weighted by molar-refractivity contribution is 7.92. The van der Waals surface area contributed by atoms with E-state index in [1.807, 2.05) is 93.6 Å². The van der Waals surface area contributed by atoms with Gasteiger partial charge in [-0.05, 0) is 196 Å². The molecule has 0 aliphatic rings. The van der Waals surface area contributed by atoms with E-state index in [-0.39, 0.29) is 51.3 Å². The summed E-state index contributed by atoms with van der Waals surface area (Å²) in [4.78, 5) is 58.4. The minimum atomic E-state index is -3.75. The van der Waals surface area contributed by atoms with Crippen LogP contribution < -0.4 is 56.7 Å². The van der Waals surface area contributed by atoms with Crippen LogP contribution in [0.3, 0.4) is 0 Å². The molecule has 29 nitrogen and oxygen atoms in total. The SMILES string of the molecule is Cc1ccc(N=Nc2ccc(NC(=O)N(Nc3nc(NN(C(=O)Nc4ccc(N=Nc5ccc(C)cc5)cc4)c4ccc(NS(C)(=O)=O)cc4)nc(NN(C(=O)Nc4ccc(N=Nc5ccc(C)cc5)cc4)c4ccc(NS(C)(=O)=O)cc4)n3)c3ccc(CS(C)(=O)=O)cc3)cc2)cc1. The van der Waals surface area contributed by atoms with Gasteiger partial charge >= 0.3 is 18.1 Å². The molecule has 99 heavy (non-hydrogen) atoms. The molecule has 8 N–H and O–H groups in total. The third-order valence-corrected chi connectivity index (χ3v) is 15.7. The largest absolute Gasteiger partial charge is 0.345 e. The lowest BCUT2D eigenvalue weighted by Gasteiger charge is -2.27. The maximum absolute atomic E-state index is 14.9. The van der Waals surface area contributed by atoms with E-state index in [0.717, 1.165) is 50.5 Å². The summed E-state index contributed by atoms with van der Waals surface area (Å²) in [6, 6.07) is 56.3. The lowest BCUT2D eigenvalue weighted by molar-refractivity contribution is 0.257. The number of carbonyl (C=O) groups is 3. The zero-order valence-electron chi connectivity index (χ0n) is 53.8. The van der Waals surface area contributed by atoms with Gasteiger partial charge in [-0.3, -0.25) is 25.7 Å². The smallest absolute Gasteiger partial charge is 0.306 e. The summed E-state index contributed by atoms with van der Waals surface area (Å²) in [5.74, 6) is -1.65. The summed E-state index contributed by atoms with van der Waals surface area (Å²) in [6.07, 6.45) is 3.03. The van der Waals surface area contributed by atoms with Gasteiger partial charge < -0.3 is 16.0 Å². The number of hydrazine groups is 3. The first-order chi connectivity index (χ1) is 47.2. The Morgan fingerprint density at radius 2 is 0.545 bits per heavy atom. The maximum Gasteiger partial charge on any atom is 0.345 e. The minimum Gasteiger partial charge on any atom is -0.306 e. The number of aromatic nitrogens is 3. The molecule has 0 atom stereocenters. The van der Waals surface area contributed by atoms with Crippen LogP contribution in [0.4, 0.5) is 112 Å². The summed E-state index contributed by atoms with van der Waals surface area (Å²) in [7, 11) is -11.0. The number of hydrogen-bond donors (Lipinski definition) is 8. The highest BCUT2D eigenvalue weighted by atomic mass is 32.2. The van der Waals surface area contributed by atoms with E-state index in [1.165, 1.54) is 72.8 Å². The first-order valence-corrected chi connectivity index (χ1v) is 35.7. The fourth-order valence-corrected chi connectivity index (χ4v) is 10.8. The van der Waals surface area contributed by atoms with E-state index >= 15 is 0 Å². The van der Waals surface area contributed by atoms with Crippen LogP contribution in [0.5, 0.6) is 0 Å². The second-order valence-electron chi connectivity index (χ2n) is 22.3. The molecular formula is C67H64N20O9S3. The van der Waals surface area contributed by atoms with Crippen LogP contribution in [-0.4, -0.2) is 77.1 Å². The van der Waals surface area contributed by atoms with E-state index in [4.69, 9.17) is 0 Å². The molecule has 9 aromatic carbocycles. The maximum atomic E-state index is 14.9. The Labute approximate surface area is 570 Å². The molecule has 0 fully saturated rings. The van der Waals surface area contributed by atoms with Crippen LogP contribution in [0.2, 0.25) is 0 Å². The van der Waals surface area contributed by atoms with E-state index in [2.05, 4.69) is 87.3 Å². The minimum absolute atomic E-state index is 0.0868. The predicted molar refractivity (Wildman–Crippen MR) is 385 cm³/mol. The Balaban J connectivity index is 1.04. The van der Waals surface area contributed by atoms with Gasteiger partial charge in [0.25, 0.3) is 0 Å². The summed E-state index contributed by atoms with van der Waals surface area (Å²) < 4.78 is 78.9. The second-order valence-corrected chi connectivity index (χ2v) is 27.9. The molecule has 0 aliphatic heterocycles. The highest BCUT2D eigenvalue weighted by Crippen LogP contribution is 2.30. The normalized spacial score (nSPS) is 11.6. The molecule has 0 aliphatic carbocycles. The van der Waals surface area contributed by atoms with Gasteiger partial charge in [0, 0.05) is 34.7 Å². The summed E-state index contributed by atoms with van der Waals surface area (Å²) in [5, 5.41) is 37.3. The van der Waals surface area contributed by atoms with Crippen LogP contribution in [0, 0.1) is 20.8 Å². The molecule has 10 aromatic rings. The molecule has 6 amide bonds. The quantitative estimate of drug-likeness (QED) is 0.0206. The lowest BCUT2D eigenvalue weighted by Crippen LogP contribution is -2.43. The summed E-state index contributed by atoms with van der Waals surface area (Å²) in [6.45, 7) is 5.87. The topological polar surface area (TPSA) is 372 Å². The number of hydrogen-bond acceptors (Lipinski definition) is 21. The summed E-state index contributed by atoms with van der Waals surface area (Å²) in [5.41, 5.74) is 17.0. The van der Waals surface area contributed by atoms with Crippen molar-refractivity contribution in [3.05, 3.63) is 241 Å². The van der Waals surface area contributed by atoms with Crippen LogP contribution >= 0.6 is 0 Å². The first-order valence-electron chi connectivity index (χ1n) is 29.8. The molecule has 0 bridgehead atoms. The molecule has 504 valence electrons. The Morgan fingerprint density at radius 1 is 0.323 bits per heavy atom. The number of urea groups is 3. The van der Waals surface area contributed by atoms with Crippen LogP contribution in [0.15, 0.2) is 249 Å². The average Bonchev–Trinajstić information content (AvgIpc) is 0.813. The number of nitrogens with one attached hydrogen (secondary N) is 8. The van der Waals surface area contributed by atoms with Crippen LogP contribution in [0.1, 0.15) is 22.3 Å². The van der Waals surface area contributed by atoms with Gasteiger partial charge in [0.15, 0.2) is 9.84 Å². The third-order valence-electron chi connectivity index (χ3n) is 13.7. The van der Waals surface area contributed by atoms with E-state index in [1.54, 1.807) is 72.8 Å². The Bertz CT molecular complexity index is 4450. The molecule has 32 heteroatoms. The van der Waals surface area contributed by atoms with Crippen molar-refractivity contribution in [2.75, 3.05) is 75.5 Å². The third kappa shape index (κ3) is 21.2. The zero-order chi connectivity index (χ0) is 70.3. The van der Waals surface area contributed by atoms with Crippen LogP contribution in [-0.2, 0) is 35.6 Å². The van der Waals surface area contributed by atoms with Crippen LogP contribution in [0.25, 0.3) is 0 Å². The number of benzene rings is 9. The van der Waals surface area contributed by atoms with Crippen molar-refractivity contribution >= 4 is 145 Å². The number of carbonyl (C=O) groups excluding carboxylic acids is 3. The average molecular weight is 1390 g/mol. The Hall–Kier alpha value is -12.6. The number of sulfonamides is 2. The van der Waals surface area contributed by atoms with Crippen molar-refractivity contribution in [2.45, 2.75) is 26.5 Å². The van der Waals surface area contributed by atoms with Gasteiger partial charge in [0.2, 0.25) is 37.9 Å². The van der Waals surface area contributed by atoms with Gasteiger partial charge in [-0.2, -0.15) is 45.6 Å². The Kier molecular flexibility index (Phi) is 21.6. The van der Waals surface area contributed by atoms with E-state index in [9.17, 15) is 39.6 Å². The zero-order valence-corrected chi connectivity index (χ0v) is 56.2. The van der Waals surface area contributed by atoms with Crippen molar-refractivity contribution in [2.24, 2.45) is 30.7 Å². The monoisotopic (exact) mass is 1390 g/mol. The van der Waals surface area contributed by atoms with Gasteiger partial charge in [-0.25, -0.2) is 54.7 Å². The van der Waals surface area contributed by atoms with Gasteiger partial charge in [0.05, 0.1) is 69.5 Å². The number of aryl methyl sites for hydroxylation is 3. The molecule has 0 saturated heterocycles. The van der Waals surface area contributed by atoms with Gasteiger partial charge in [-0.15, -0.1) is 0 Å². The standard InChI is InChI=1S/C67H64N20O9S3/c1-44-7-15-51(16-8-44)74-77-54-27-21-48(22-28-54)68-65(88)85(59-37-13-47(14-38-59)43-97(4,91)92)80-62-71-63(81-86(60-39-33-57(34-40-60)83-98(5,93)94)66(89)69-49-23-29-55(30-24-49)78-75-52-17-9-45(2)10-18-52)73-64(72-62)82-87(61-41-35-58(36-42-61)84-99(6,95)96)67(90)70-50-25-31-56(32-26-50)79-76-53-19-11-46(3)12-20-53/h7-42,83-84H,43H2,1-6H3,(H,68,88)(H,69,89)(H,70,90)(H3,71,72,73,80,81,82). The van der Waals surface area contributed by atoms with Crippen molar-refractivity contribution < 1.29 is 39.6 Å². The number of azo groups is 3. The molecule has 0 saturated carbocycles. The fraction of sp³-hybridized carbons (Fsp3) is 0.104. The second kappa shape index (κ2) is 30.9. The number of anilines is 11. The number of sulfone groups is 1. The first kappa shape index (κ1) is 69.3. The highest BCUT2D eigenvalue weighted by Gasteiger charge is 2.25.